The number of nitrogens with one attached hydrogen (secondary N) is 1. The van der Waals surface area contributed by atoms with Crippen molar-refractivity contribution in [3.63, 3.8) is 0 Å². The molecule has 36 heavy (non-hydrogen) atoms. The molecule has 9 nitrogen and oxygen atoms in total. The molecule has 1 fully saturated rings. The Hall–Kier alpha value is -3.32. The van der Waals surface area contributed by atoms with Gasteiger partial charge in [0, 0.05) is 44.6 Å². The van der Waals surface area contributed by atoms with E-state index in [1.807, 2.05) is 12.1 Å². The number of pyridine rings is 1. The first-order valence-corrected chi connectivity index (χ1v) is 12.7. The zero-order valence-electron chi connectivity index (χ0n) is 20.0. The Morgan fingerprint density at radius 3 is 2.56 bits per heavy atom. The quantitative estimate of drug-likeness (QED) is 0.484. The van der Waals surface area contributed by atoms with Crippen LogP contribution >= 0.6 is 0 Å². The Balaban J connectivity index is 0.000000253. The SMILES string of the molecule is CCN(C)S(=O)(=O)NC(=O)c1cnn2ccc(N3CCCC3)cc12.FCCOc1ccc(F)cc1F. The van der Waals surface area contributed by atoms with E-state index in [9.17, 15) is 26.4 Å². The molecule has 3 aromatic rings. The fraction of sp³-hybridized carbons (Fsp3) is 0.391. The van der Waals surface area contributed by atoms with Gasteiger partial charge in [0.1, 0.15) is 19.1 Å². The van der Waals surface area contributed by atoms with Crippen LogP contribution < -0.4 is 14.4 Å². The van der Waals surface area contributed by atoms with E-state index in [0.717, 1.165) is 48.1 Å². The molecule has 0 bridgehead atoms. The largest absolute Gasteiger partial charge is 0.488 e. The molecule has 1 aliphatic heterocycles. The number of hydrogen-bond donors (Lipinski definition) is 1. The second kappa shape index (κ2) is 12.1. The maximum atomic E-state index is 12.7. The molecule has 0 aliphatic carbocycles. The minimum absolute atomic E-state index is 0.131. The molecule has 0 radical (unpaired) electrons. The molecule has 4 rings (SSSR count). The minimum Gasteiger partial charge on any atom is -0.488 e. The summed E-state index contributed by atoms with van der Waals surface area (Å²) in [6, 6.07) is 6.70. The highest BCUT2D eigenvalue weighted by Crippen LogP contribution is 2.23. The van der Waals surface area contributed by atoms with Crippen LogP contribution in [0, 0.1) is 11.6 Å². The number of carbonyl (C=O) groups excluding carboxylic acids is 1. The first-order valence-electron chi connectivity index (χ1n) is 11.3. The molecule has 1 amide bonds. The van der Waals surface area contributed by atoms with E-state index >= 15 is 0 Å². The summed E-state index contributed by atoms with van der Waals surface area (Å²) in [4.78, 5) is 14.7. The van der Waals surface area contributed by atoms with Gasteiger partial charge >= 0.3 is 10.2 Å². The van der Waals surface area contributed by atoms with Crippen molar-refractivity contribution >= 4 is 27.3 Å². The smallest absolute Gasteiger partial charge is 0.303 e. The third-order valence-electron chi connectivity index (χ3n) is 5.53. The van der Waals surface area contributed by atoms with E-state index in [-0.39, 0.29) is 24.5 Å². The molecule has 1 aliphatic rings. The highest BCUT2D eigenvalue weighted by Gasteiger charge is 2.23. The summed E-state index contributed by atoms with van der Waals surface area (Å²) in [7, 11) is -2.43. The average molecular weight is 528 g/mol. The second-order valence-electron chi connectivity index (χ2n) is 7.93. The van der Waals surface area contributed by atoms with Crippen LogP contribution in [0.15, 0.2) is 42.7 Å². The fourth-order valence-electron chi connectivity index (χ4n) is 3.48. The van der Waals surface area contributed by atoms with Crippen molar-refractivity contribution in [1.29, 1.82) is 0 Å². The summed E-state index contributed by atoms with van der Waals surface area (Å²) >= 11 is 0. The van der Waals surface area contributed by atoms with E-state index in [2.05, 4.69) is 19.5 Å². The standard InChI is InChI=1S/C15H21N5O3S.C8H7F3O/c1-3-18(2)24(22,23)17-15(21)13-11-16-20-9-6-12(10-14(13)20)19-7-4-5-8-19;9-3-4-12-8-2-1-6(10)5-7(8)11/h6,9-11H,3-5,7-8H2,1-2H3,(H,17,21);1-2,5H,3-4H2. The molecule has 196 valence electrons. The molecule has 2 aromatic heterocycles. The van der Waals surface area contributed by atoms with Crippen molar-refractivity contribution in [1.82, 2.24) is 18.6 Å². The summed E-state index contributed by atoms with van der Waals surface area (Å²) in [5.74, 6) is -2.30. The number of hydrogen-bond acceptors (Lipinski definition) is 6. The molecule has 1 saturated heterocycles. The lowest BCUT2D eigenvalue weighted by atomic mass is 10.2. The molecular weight excluding hydrogens is 499 g/mol. The van der Waals surface area contributed by atoms with Gasteiger partial charge in [-0.2, -0.15) is 17.8 Å². The van der Waals surface area contributed by atoms with Crippen molar-refractivity contribution < 1.29 is 31.1 Å². The number of amides is 1. The topological polar surface area (TPSA) is 96.2 Å². The van der Waals surface area contributed by atoms with Gasteiger partial charge < -0.3 is 9.64 Å². The highest BCUT2D eigenvalue weighted by molar-refractivity contribution is 7.87. The normalized spacial score (nSPS) is 13.6. The third kappa shape index (κ3) is 6.66. The van der Waals surface area contributed by atoms with Gasteiger partial charge in [0.2, 0.25) is 0 Å². The molecule has 1 N–H and O–H groups in total. The number of rotatable bonds is 8. The Kier molecular flexibility index (Phi) is 9.15. The number of fused-ring (bicyclic) bond motifs is 1. The third-order valence-corrected chi connectivity index (χ3v) is 7.05. The van der Waals surface area contributed by atoms with Gasteiger partial charge in [-0.3, -0.25) is 4.79 Å². The summed E-state index contributed by atoms with van der Waals surface area (Å²) in [5, 5.41) is 4.13. The van der Waals surface area contributed by atoms with E-state index in [4.69, 9.17) is 0 Å². The lowest BCUT2D eigenvalue weighted by molar-refractivity contribution is 0.0981. The lowest BCUT2D eigenvalue weighted by Crippen LogP contribution is -2.41. The average Bonchev–Trinajstić information content (AvgIpc) is 3.53. The molecule has 1 aromatic carbocycles. The van der Waals surface area contributed by atoms with Crippen molar-refractivity contribution in [2.24, 2.45) is 0 Å². The van der Waals surface area contributed by atoms with Crippen LogP contribution in [-0.4, -0.2) is 68.2 Å². The van der Waals surface area contributed by atoms with Gasteiger partial charge in [0.25, 0.3) is 5.91 Å². The van der Waals surface area contributed by atoms with Crippen LogP contribution in [0.4, 0.5) is 18.9 Å². The Labute approximate surface area is 207 Å². The number of aromatic nitrogens is 2. The minimum atomic E-state index is -3.84. The summed E-state index contributed by atoms with van der Waals surface area (Å²) in [6.07, 6.45) is 5.48. The monoisotopic (exact) mass is 527 g/mol. The summed E-state index contributed by atoms with van der Waals surface area (Å²) in [5.41, 5.74) is 1.85. The van der Waals surface area contributed by atoms with Gasteiger partial charge in [-0.05, 0) is 37.1 Å². The van der Waals surface area contributed by atoms with Crippen molar-refractivity contribution in [3.05, 3.63) is 59.9 Å². The highest BCUT2D eigenvalue weighted by atomic mass is 32.2. The zero-order valence-corrected chi connectivity index (χ0v) is 20.8. The number of nitrogens with zero attached hydrogens (tertiary/aromatic N) is 4. The first-order chi connectivity index (χ1) is 17.2. The second-order valence-corrected chi connectivity index (χ2v) is 9.71. The van der Waals surface area contributed by atoms with Crippen LogP contribution in [0.5, 0.6) is 5.75 Å². The van der Waals surface area contributed by atoms with Crippen LogP contribution in [0.3, 0.4) is 0 Å². The van der Waals surface area contributed by atoms with Crippen LogP contribution in [0.25, 0.3) is 5.52 Å². The number of ether oxygens (including phenoxy) is 1. The van der Waals surface area contributed by atoms with Gasteiger partial charge in [0.15, 0.2) is 11.6 Å². The first kappa shape index (κ1) is 27.3. The summed E-state index contributed by atoms with van der Waals surface area (Å²) in [6.45, 7) is 3.03. The number of anilines is 1. The zero-order chi connectivity index (χ0) is 26.3. The van der Waals surface area contributed by atoms with Crippen molar-refractivity contribution in [2.75, 3.05) is 44.9 Å². The number of benzene rings is 1. The van der Waals surface area contributed by atoms with E-state index < -0.39 is 34.4 Å². The van der Waals surface area contributed by atoms with E-state index in [1.54, 1.807) is 17.6 Å². The van der Waals surface area contributed by atoms with Crippen molar-refractivity contribution in [3.8, 4) is 5.75 Å². The number of carbonyl (C=O) groups is 1. The Morgan fingerprint density at radius 2 is 1.92 bits per heavy atom. The maximum Gasteiger partial charge on any atom is 0.303 e. The molecule has 0 saturated carbocycles. The van der Waals surface area contributed by atoms with Gasteiger partial charge in [-0.15, -0.1) is 0 Å². The molecular formula is C23H28F3N5O4S. The fourth-order valence-corrected chi connectivity index (χ4v) is 4.32. The van der Waals surface area contributed by atoms with Crippen LogP contribution in [-0.2, 0) is 10.2 Å². The lowest BCUT2D eigenvalue weighted by Gasteiger charge is -2.18. The molecule has 13 heteroatoms. The Morgan fingerprint density at radius 1 is 1.19 bits per heavy atom. The van der Waals surface area contributed by atoms with Gasteiger partial charge in [-0.25, -0.2) is 22.4 Å². The molecule has 0 unspecified atom stereocenters. The van der Waals surface area contributed by atoms with E-state index in [0.29, 0.717) is 11.6 Å². The molecule has 0 spiro atoms. The molecule has 0 atom stereocenters. The number of halogens is 3. The van der Waals surface area contributed by atoms with E-state index in [1.165, 1.54) is 13.2 Å². The molecule has 3 heterocycles. The predicted octanol–water partition coefficient (Wildman–Crippen LogP) is 3.17. The van der Waals surface area contributed by atoms with Gasteiger partial charge in [0.05, 0.1) is 17.3 Å². The van der Waals surface area contributed by atoms with Crippen LogP contribution in [0.1, 0.15) is 30.1 Å². The maximum absolute atomic E-state index is 12.7. The van der Waals surface area contributed by atoms with Crippen molar-refractivity contribution in [2.45, 2.75) is 19.8 Å². The number of alkyl halides is 1. The summed E-state index contributed by atoms with van der Waals surface area (Å²) < 4.78 is 70.0. The van der Waals surface area contributed by atoms with Gasteiger partial charge in [-0.1, -0.05) is 6.92 Å². The Bertz CT molecular complexity index is 1300. The van der Waals surface area contributed by atoms with Crippen LogP contribution in [0.2, 0.25) is 0 Å². The predicted molar refractivity (Wildman–Crippen MR) is 129 cm³/mol.